The number of nitrogens with zero attached hydrogens (tertiary/aromatic N) is 3. The van der Waals surface area contributed by atoms with Gasteiger partial charge in [0.15, 0.2) is 0 Å². The molecule has 0 aromatic rings. The maximum Gasteiger partial charge on any atom is 0.206 e. The largest absolute Gasteiger partial charge is 0.301 e. The molecule has 0 aliphatic carbocycles. The summed E-state index contributed by atoms with van der Waals surface area (Å²) in [5.74, 6) is 0. The quantitative estimate of drug-likeness (QED) is 0.379. The van der Waals surface area contributed by atoms with E-state index in [2.05, 4.69) is 58.2 Å². The summed E-state index contributed by atoms with van der Waals surface area (Å²) in [6.45, 7) is 0. The molecule has 0 unspecified atom stereocenters. The summed E-state index contributed by atoms with van der Waals surface area (Å²) in [7, 11) is 15.6. The molecule has 88 valence electrons. The van der Waals surface area contributed by atoms with Gasteiger partial charge in [0.1, 0.15) is 0 Å². The Morgan fingerprint density at radius 3 is 1.67 bits per heavy atom. The first-order chi connectivity index (χ1) is 6.99. The van der Waals surface area contributed by atoms with E-state index in [-0.39, 0.29) is 0 Å². The average Bonchev–Trinajstić information content (AvgIpc) is 2.20. The Labute approximate surface area is 123 Å². The predicted octanol–water partition coefficient (Wildman–Crippen LogP) is 1.04. The molecule has 0 aromatic heterocycles. The second kappa shape index (κ2) is 20.8. The zero-order valence-electron chi connectivity index (χ0n) is 9.66. The van der Waals surface area contributed by atoms with E-state index in [9.17, 15) is 0 Å². The first-order valence-corrected chi connectivity index (χ1v) is 9.77. The second-order valence-corrected chi connectivity index (χ2v) is 9.92. The van der Waals surface area contributed by atoms with Crippen molar-refractivity contribution < 1.29 is 0 Å². The number of rotatable bonds is 3. The van der Waals surface area contributed by atoms with Crippen molar-refractivity contribution in [2.75, 3.05) is 35.2 Å². The van der Waals surface area contributed by atoms with Crippen LogP contribution in [0.2, 0.25) is 0 Å². The topological polar surface area (TPSA) is 42.9 Å². The zero-order valence-corrected chi connectivity index (χ0v) is 14.8. The Bertz CT molecular complexity index is 132. The van der Waals surface area contributed by atoms with E-state index in [4.69, 9.17) is 7.98 Å². The smallest absolute Gasteiger partial charge is 0.206 e. The van der Waals surface area contributed by atoms with Gasteiger partial charge in [0, 0.05) is 42.4 Å². The monoisotopic (exact) mass is 455 g/mol. The van der Waals surface area contributed by atoms with Crippen LogP contribution in [0.1, 0.15) is 0 Å². The maximum atomic E-state index is 5.01. The van der Waals surface area contributed by atoms with Crippen LogP contribution >= 0.6 is 48.5 Å². The van der Waals surface area contributed by atoms with Gasteiger partial charge in [-0.15, -0.1) is 0 Å². The van der Waals surface area contributed by atoms with Crippen molar-refractivity contribution in [2.45, 2.75) is 0 Å². The number of hydrazine groups is 2. The molecule has 2 radical (unpaired) electrons. The minimum absolute atomic E-state index is 1.38. The molecule has 0 saturated heterocycles. The van der Waals surface area contributed by atoms with Gasteiger partial charge in [0.05, 0.1) is 0 Å². The van der Waals surface area contributed by atoms with Crippen LogP contribution < -0.4 is 10.9 Å². The first-order valence-electron chi connectivity index (χ1n) is 3.87. The van der Waals surface area contributed by atoms with Gasteiger partial charge in [-0.1, -0.05) is 0 Å². The van der Waals surface area contributed by atoms with Crippen LogP contribution in [0, 0.1) is 0 Å². The molecule has 0 aliphatic heterocycles. The summed E-state index contributed by atoms with van der Waals surface area (Å²) in [5.41, 5.74) is 5.49. The molecule has 15 heavy (non-hydrogen) atoms. The minimum atomic E-state index is 1.38. The third-order valence-corrected chi connectivity index (χ3v) is 0.994. The van der Waals surface area contributed by atoms with Gasteiger partial charge in [-0.2, -0.15) is 0 Å². The van der Waals surface area contributed by atoms with E-state index in [1.54, 1.807) is 39.4 Å². The Kier molecular flexibility index (Phi) is 30.0. The van der Waals surface area contributed by atoms with Crippen LogP contribution in [0.4, 0.5) is 0 Å². The van der Waals surface area contributed by atoms with Crippen LogP contribution in [0.25, 0.3) is 0 Å². The second-order valence-electron chi connectivity index (χ2n) is 2.10. The third kappa shape index (κ3) is 39.2. The van der Waals surface area contributed by atoms with Crippen molar-refractivity contribution >= 4 is 63.7 Å². The normalized spacial score (nSPS) is 8.53. The summed E-state index contributed by atoms with van der Waals surface area (Å²) in [6.07, 6.45) is 1.69. The van der Waals surface area contributed by atoms with Crippen molar-refractivity contribution in [2.24, 2.45) is 4.90 Å². The van der Waals surface area contributed by atoms with E-state index in [0.717, 1.165) is 0 Å². The van der Waals surface area contributed by atoms with Crippen LogP contribution in [0.15, 0.2) is 4.90 Å². The van der Waals surface area contributed by atoms with Gasteiger partial charge in [-0.05, 0) is 20.2 Å². The molecule has 5 nitrogen and oxygen atoms in total. The van der Waals surface area contributed by atoms with Crippen molar-refractivity contribution in [3.05, 3.63) is 0 Å². The summed E-state index contributed by atoms with van der Waals surface area (Å²) in [6, 6.07) is 0. The SMILES string of the molecule is CN=BN(C)NC.ISI.[B]N(C)NC. The molecule has 0 bridgehead atoms. The Hall–Kier alpha value is 1.42. The number of nitrogens with one attached hydrogen (secondary N) is 2. The minimum Gasteiger partial charge on any atom is -0.301 e. The molecule has 0 amide bonds. The van der Waals surface area contributed by atoms with Crippen LogP contribution in [-0.2, 0) is 0 Å². The summed E-state index contributed by atoms with van der Waals surface area (Å²) in [5, 5.41) is 0. The van der Waals surface area contributed by atoms with Crippen molar-refractivity contribution in [1.29, 1.82) is 0 Å². The summed E-state index contributed by atoms with van der Waals surface area (Å²) < 4.78 is 0. The van der Waals surface area contributed by atoms with E-state index in [0.29, 0.717) is 0 Å². The molecule has 0 spiro atoms. The fraction of sp³-hybridized carbons (Fsp3) is 1.00. The maximum absolute atomic E-state index is 5.01. The van der Waals surface area contributed by atoms with Gasteiger partial charge in [-0.3, -0.25) is 5.43 Å². The third-order valence-electron chi connectivity index (χ3n) is 0.994. The summed E-state index contributed by atoms with van der Waals surface area (Å²) >= 11 is 4.38. The fourth-order valence-electron chi connectivity index (χ4n) is 0.231. The van der Waals surface area contributed by atoms with Crippen molar-refractivity contribution in [1.82, 2.24) is 20.7 Å². The molecular formula is C5H17B2I2N5S. The van der Waals surface area contributed by atoms with Gasteiger partial charge in [-0.25, -0.2) is 0 Å². The summed E-state index contributed by atoms with van der Waals surface area (Å²) in [4.78, 5) is 6.88. The van der Waals surface area contributed by atoms with Gasteiger partial charge in [0.25, 0.3) is 0 Å². The Balaban J connectivity index is -0.000000158. The molecular weight excluding hydrogens is 438 g/mol. The number of halogens is 2. The van der Waals surface area contributed by atoms with Crippen molar-refractivity contribution in [3.63, 3.8) is 0 Å². The van der Waals surface area contributed by atoms with Crippen LogP contribution in [0.3, 0.4) is 0 Å². The number of hydrogen-bond acceptors (Lipinski definition) is 5. The van der Waals surface area contributed by atoms with Gasteiger partial charge in [0.2, 0.25) is 7.98 Å². The zero-order chi connectivity index (χ0) is 12.7. The van der Waals surface area contributed by atoms with Crippen molar-refractivity contribution in [3.8, 4) is 0 Å². The Morgan fingerprint density at radius 2 is 1.60 bits per heavy atom. The molecule has 0 heterocycles. The fourth-order valence-corrected chi connectivity index (χ4v) is 0.231. The first kappa shape index (κ1) is 21.7. The molecule has 0 rings (SSSR count). The molecule has 0 fully saturated rings. The molecule has 0 saturated carbocycles. The van der Waals surface area contributed by atoms with Crippen LogP contribution in [-0.4, -0.2) is 60.3 Å². The molecule has 0 aliphatic rings. The average molecular weight is 455 g/mol. The van der Waals surface area contributed by atoms with E-state index in [1.807, 2.05) is 14.1 Å². The van der Waals surface area contributed by atoms with E-state index in [1.165, 1.54) is 4.92 Å². The molecule has 2 N–H and O–H groups in total. The van der Waals surface area contributed by atoms with E-state index >= 15 is 0 Å². The molecule has 10 heteroatoms. The standard InChI is InChI=1S/C3H10BN3.C2H7BN2.I2S/c1-5-4-7(3)6-2;1-4-5(2)3;1-3-2/h6H,1-3H3;4H,1-2H3;. The van der Waals surface area contributed by atoms with Gasteiger partial charge >= 0.3 is 43.6 Å². The molecule has 0 aromatic carbocycles. The number of hydrogen-bond donors (Lipinski definition) is 2. The van der Waals surface area contributed by atoms with Crippen LogP contribution in [0.5, 0.6) is 0 Å². The Morgan fingerprint density at radius 1 is 1.27 bits per heavy atom. The van der Waals surface area contributed by atoms with E-state index < -0.39 is 0 Å². The molecule has 0 atom stereocenters. The predicted molar refractivity (Wildman–Crippen MR) is 89.1 cm³/mol. The van der Waals surface area contributed by atoms with Gasteiger partial charge < -0.3 is 4.92 Å².